The third-order valence-corrected chi connectivity index (χ3v) is 6.77. The molecule has 0 aliphatic rings. The third kappa shape index (κ3) is 5.40. The van der Waals surface area contributed by atoms with Gasteiger partial charge in [-0.15, -0.1) is 5.10 Å². The first-order valence-electron chi connectivity index (χ1n) is 13.2. The van der Waals surface area contributed by atoms with Crippen LogP contribution in [-0.4, -0.2) is 14.8 Å². The lowest BCUT2D eigenvalue weighted by atomic mass is 9.80. The molecule has 0 aliphatic carbocycles. The lowest BCUT2D eigenvalue weighted by Crippen LogP contribution is -2.19. The molecule has 0 spiro atoms. The van der Waals surface area contributed by atoms with Crippen LogP contribution < -0.4 is 4.90 Å². The fourth-order valence-corrected chi connectivity index (χ4v) is 4.46. The van der Waals surface area contributed by atoms with E-state index in [0.717, 1.165) is 34.3 Å². The van der Waals surface area contributed by atoms with Crippen LogP contribution in [-0.2, 0) is 10.8 Å². The molecular formula is C34H36N4. The van der Waals surface area contributed by atoms with Gasteiger partial charge in [-0.05, 0) is 58.4 Å². The summed E-state index contributed by atoms with van der Waals surface area (Å²) in [5.41, 5.74) is 6.64. The van der Waals surface area contributed by atoms with Gasteiger partial charge in [-0.25, -0.2) is 9.67 Å². The molecule has 0 aliphatic heterocycles. The number of para-hydroxylation sites is 1. The van der Waals surface area contributed by atoms with Crippen molar-refractivity contribution in [2.24, 2.45) is 0 Å². The minimum atomic E-state index is -0.00953. The fourth-order valence-electron chi connectivity index (χ4n) is 4.46. The first-order chi connectivity index (χ1) is 18.1. The molecule has 0 saturated heterocycles. The number of anilines is 3. The second kappa shape index (κ2) is 9.94. The molecule has 0 bridgehead atoms. The topological polar surface area (TPSA) is 34.0 Å². The van der Waals surface area contributed by atoms with E-state index in [1.165, 1.54) is 11.1 Å². The van der Waals surface area contributed by atoms with Crippen molar-refractivity contribution in [3.63, 3.8) is 0 Å². The number of hydrogen-bond acceptors (Lipinski definition) is 3. The third-order valence-electron chi connectivity index (χ3n) is 6.77. The molecule has 0 saturated carbocycles. The van der Waals surface area contributed by atoms with Crippen LogP contribution >= 0.6 is 0 Å². The SMILES string of the molecule is CC(C)(C)c1cc(N(c2cccc(-c3ccccc3)n2)c2ccn(-c3ccccc3)n2)cc(C(C)(C)C)c1. The summed E-state index contributed by atoms with van der Waals surface area (Å²) in [6.45, 7) is 13.6. The Morgan fingerprint density at radius 3 is 1.82 bits per heavy atom. The van der Waals surface area contributed by atoms with Gasteiger partial charge in [0.15, 0.2) is 5.82 Å². The van der Waals surface area contributed by atoms with E-state index in [2.05, 4.69) is 113 Å². The van der Waals surface area contributed by atoms with Gasteiger partial charge in [-0.1, -0.05) is 102 Å². The van der Waals surface area contributed by atoms with Crippen LogP contribution in [0.4, 0.5) is 17.3 Å². The first-order valence-corrected chi connectivity index (χ1v) is 13.2. The Hall–Kier alpha value is -4.18. The van der Waals surface area contributed by atoms with E-state index in [4.69, 9.17) is 10.1 Å². The van der Waals surface area contributed by atoms with E-state index in [1.54, 1.807) is 0 Å². The highest BCUT2D eigenvalue weighted by Crippen LogP contribution is 2.39. The van der Waals surface area contributed by atoms with Crippen LogP contribution in [0, 0.1) is 0 Å². The Kier molecular flexibility index (Phi) is 6.66. The van der Waals surface area contributed by atoms with Crippen LogP contribution in [0.5, 0.6) is 0 Å². The summed E-state index contributed by atoms with van der Waals surface area (Å²) >= 11 is 0. The van der Waals surface area contributed by atoms with Gasteiger partial charge in [-0.2, -0.15) is 0 Å². The van der Waals surface area contributed by atoms with E-state index in [0.29, 0.717) is 0 Å². The summed E-state index contributed by atoms with van der Waals surface area (Å²) in [7, 11) is 0. The number of hydrogen-bond donors (Lipinski definition) is 0. The Morgan fingerprint density at radius 2 is 1.21 bits per heavy atom. The lowest BCUT2D eigenvalue weighted by molar-refractivity contribution is 0.568. The molecule has 0 fully saturated rings. The van der Waals surface area contributed by atoms with Crippen molar-refractivity contribution in [2.75, 3.05) is 4.90 Å². The fraction of sp³-hybridized carbons (Fsp3) is 0.235. The zero-order valence-electron chi connectivity index (χ0n) is 23.2. The summed E-state index contributed by atoms with van der Waals surface area (Å²) in [6.07, 6.45) is 2.01. The second-order valence-electron chi connectivity index (χ2n) is 11.8. The summed E-state index contributed by atoms with van der Waals surface area (Å²) in [4.78, 5) is 7.32. The maximum atomic E-state index is 5.14. The van der Waals surface area contributed by atoms with Gasteiger partial charge in [0.1, 0.15) is 5.82 Å². The highest BCUT2D eigenvalue weighted by molar-refractivity contribution is 5.75. The van der Waals surface area contributed by atoms with Gasteiger partial charge in [0.25, 0.3) is 0 Å². The molecule has 4 heteroatoms. The maximum absolute atomic E-state index is 5.14. The van der Waals surface area contributed by atoms with Crippen molar-refractivity contribution >= 4 is 17.3 Å². The summed E-state index contributed by atoms with van der Waals surface area (Å²) < 4.78 is 1.92. The van der Waals surface area contributed by atoms with Crippen molar-refractivity contribution in [1.29, 1.82) is 0 Å². The van der Waals surface area contributed by atoms with E-state index < -0.39 is 0 Å². The van der Waals surface area contributed by atoms with Gasteiger partial charge in [0.2, 0.25) is 0 Å². The minimum Gasteiger partial charge on any atom is -0.277 e. The molecule has 0 radical (unpaired) electrons. The smallest absolute Gasteiger partial charge is 0.161 e. The zero-order chi connectivity index (χ0) is 26.9. The largest absolute Gasteiger partial charge is 0.277 e. The Bertz CT molecular complexity index is 1490. The molecule has 0 unspecified atom stereocenters. The molecule has 0 amide bonds. The zero-order valence-corrected chi connectivity index (χ0v) is 23.2. The van der Waals surface area contributed by atoms with Gasteiger partial charge in [0, 0.05) is 23.5 Å². The molecule has 5 rings (SSSR count). The van der Waals surface area contributed by atoms with E-state index in [1.807, 2.05) is 47.3 Å². The summed E-state index contributed by atoms with van der Waals surface area (Å²) in [5.74, 6) is 1.65. The second-order valence-corrected chi connectivity index (χ2v) is 11.8. The molecule has 2 heterocycles. The lowest BCUT2D eigenvalue weighted by Gasteiger charge is -2.29. The van der Waals surface area contributed by atoms with E-state index in [9.17, 15) is 0 Å². The predicted molar refractivity (Wildman–Crippen MR) is 159 cm³/mol. The van der Waals surface area contributed by atoms with Gasteiger partial charge in [0.05, 0.1) is 11.4 Å². The van der Waals surface area contributed by atoms with Gasteiger partial charge in [-0.3, -0.25) is 4.90 Å². The van der Waals surface area contributed by atoms with Crippen LogP contribution in [0.3, 0.4) is 0 Å². The molecule has 5 aromatic rings. The van der Waals surface area contributed by atoms with Crippen LogP contribution in [0.15, 0.2) is 109 Å². The van der Waals surface area contributed by atoms with Gasteiger partial charge < -0.3 is 0 Å². The molecule has 192 valence electrons. The van der Waals surface area contributed by atoms with Gasteiger partial charge >= 0.3 is 0 Å². The van der Waals surface area contributed by atoms with Crippen molar-refractivity contribution in [3.05, 3.63) is 120 Å². The molecule has 2 aromatic heterocycles. The average Bonchev–Trinajstić information content (AvgIpc) is 3.39. The van der Waals surface area contributed by atoms with Crippen LogP contribution in [0.2, 0.25) is 0 Å². The maximum Gasteiger partial charge on any atom is 0.161 e. The Morgan fingerprint density at radius 1 is 0.605 bits per heavy atom. The van der Waals surface area contributed by atoms with Crippen molar-refractivity contribution in [3.8, 4) is 16.9 Å². The molecule has 38 heavy (non-hydrogen) atoms. The summed E-state index contributed by atoms with van der Waals surface area (Å²) in [6, 6.07) is 35.7. The van der Waals surface area contributed by atoms with Crippen molar-refractivity contribution < 1.29 is 0 Å². The van der Waals surface area contributed by atoms with Crippen LogP contribution in [0.1, 0.15) is 52.7 Å². The van der Waals surface area contributed by atoms with Crippen molar-refractivity contribution in [2.45, 2.75) is 52.4 Å². The predicted octanol–water partition coefficient (Wildman–Crippen LogP) is 9.00. The molecular weight excluding hydrogens is 464 g/mol. The quantitative estimate of drug-likeness (QED) is 0.241. The number of pyridine rings is 1. The Labute approximate surface area is 226 Å². The van der Waals surface area contributed by atoms with Crippen LogP contribution in [0.25, 0.3) is 16.9 Å². The first kappa shape index (κ1) is 25.5. The highest BCUT2D eigenvalue weighted by atomic mass is 15.4. The average molecular weight is 501 g/mol. The normalized spacial score (nSPS) is 11.9. The van der Waals surface area contributed by atoms with E-state index >= 15 is 0 Å². The number of benzene rings is 3. The van der Waals surface area contributed by atoms with E-state index in [-0.39, 0.29) is 10.8 Å². The standard InChI is InChI=1S/C34H36N4/c1-33(2,3)26-22-27(34(4,5)6)24-29(23-26)38(32-20-21-37(36-32)28-16-11-8-12-17-28)31-19-13-18-30(35-31)25-14-9-7-10-15-25/h7-24H,1-6H3. The molecule has 0 N–H and O–H groups in total. The monoisotopic (exact) mass is 500 g/mol. The number of nitrogens with zero attached hydrogens (tertiary/aromatic N) is 4. The molecule has 3 aromatic carbocycles. The molecule has 4 nitrogen and oxygen atoms in total. The summed E-state index contributed by atoms with van der Waals surface area (Å²) in [5, 5.41) is 5.02. The van der Waals surface area contributed by atoms with Crippen molar-refractivity contribution in [1.82, 2.24) is 14.8 Å². The Balaban J connectivity index is 1.72. The highest BCUT2D eigenvalue weighted by Gasteiger charge is 2.25. The molecule has 0 atom stereocenters. The number of aromatic nitrogens is 3. The number of rotatable bonds is 5. The minimum absolute atomic E-state index is 0.00953.